The first-order chi connectivity index (χ1) is 12.4. The normalized spacial score (nSPS) is 10.3. The summed E-state index contributed by atoms with van der Waals surface area (Å²) in [6.45, 7) is -0.282. The second kappa shape index (κ2) is 9.71. The molecule has 0 fully saturated rings. The third-order valence-electron chi connectivity index (χ3n) is 3.44. The van der Waals surface area contributed by atoms with Gasteiger partial charge >= 0.3 is 0 Å². The molecule has 0 atom stereocenters. The molecule has 2 amide bonds. The molecule has 8 heteroatoms. The summed E-state index contributed by atoms with van der Waals surface area (Å²) in [4.78, 5) is 26.6. The van der Waals surface area contributed by atoms with Crippen LogP contribution in [0.2, 0.25) is 10.0 Å². The first kappa shape index (κ1) is 20.4. The second-order valence-corrected chi connectivity index (χ2v) is 7.03. The van der Waals surface area contributed by atoms with Crippen molar-refractivity contribution in [3.05, 3.63) is 52.5 Å². The van der Waals surface area contributed by atoms with Crippen LogP contribution in [0.3, 0.4) is 0 Å². The monoisotopic (exact) mass is 412 g/mol. The lowest BCUT2D eigenvalue weighted by atomic mass is 10.3. The third-order valence-corrected chi connectivity index (χ3v) is 4.98. The van der Waals surface area contributed by atoms with Crippen LogP contribution < -0.4 is 10.1 Å². The van der Waals surface area contributed by atoms with E-state index in [4.69, 9.17) is 27.9 Å². The number of amides is 2. The van der Waals surface area contributed by atoms with E-state index in [1.165, 1.54) is 22.7 Å². The number of rotatable bonds is 7. The molecule has 2 aromatic carbocycles. The van der Waals surface area contributed by atoms with Crippen molar-refractivity contribution in [3.63, 3.8) is 0 Å². The standard InChI is InChI=1S/C18H18Cl2N2O3S/c1-22(10-17(23)21-15-5-3-4-6-16(15)26-2)18(24)11-25-12-7-8-13(19)14(20)9-12/h3-9H,10-11H2,1-2H3,(H,21,23). The molecule has 0 aromatic heterocycles. The fraction of sp³-hybridized carbons (Fsp3) is 0.222. The highest BCUT2D eigenvalue weighted by Crippen LogP contribution is 2.26. The summed E-state index contributed by atoms with van der Waals surface area (Å²) in [7, 11) is 1.54. The molecule has 2 rings (SSSR count). The molecule has 0 aliphatic heterocycles. The highest BCUT2D eigenvalue weighted by Gasteiger charge is 2.15. The van der Waals surface area contributed by atoms with Gasteiger partial charge in [0.25, 0.3) is 5.91 Å². The average molecular weight is 413 g/mol. The Morgan fingerprint density at radius 2 is 1.88 bits per heavy atom. The van der Waals surface area contributed by atoms with Gasteiger partial charge in [0.2, 0.25) is 5.91 Å². The van der Waals surface area contributed by atoms with Crippen molar-refractivity contribution in [1.82, 2.24) is 4.90 Å². The molecule has 0 aliphatic rings. The van der Waals surface area contributed by atoms with Crippen LogP contribution in [0.5, 0.6) is 5.75 Å². The van der Waals surface area contributed by atoms with Gasteiger partial charge < -0.3 is 15.0 Å². The zero-order valence-electron chi connectivity index (χ0n) is 14.3. The Bertz CT molecular complexity index is 802. The van der Waals surface area contributed by atoms with E-state index >= 15 is 0 Å². The number of anilines is 1. The number of carbonyl (C=O) groups excluding carboxylic acids is 2. The first-order valence-electron chi connectivity index (χ1n) is 7.65. The maximum absolute atomic E-state index is 12.2. The zero-order chi connectivity index (χ0) is 19.1. The number of carbonyl (C=O) groups is 2. The molecule has 1 N–H and O–H groups in total. The van der Waals surface area contributed by atoms with Crippen LogP contribution in [0.25, 0.3) is 0 Å². The van der Waals surface area contributed by atoms with Crippen LogP contribution in [-0.4, -0.2) is 43.2 Å². The zero-order valence-corrected chi connectivity index (χ0v) is 16.6. The Labute approximate surface area is 166 Å². The molecular weight excluding hydrogens is 395 g/mol. The van der Waals surface area contributed by atoms with E-state index in [2.05, 4.69) is 5.32 Å². The summed E-state index contributed by atoms with van der Waals surface area (Å²) in [5, 5.41) is 3.56. The number of hydrogen-bond acceptors (Lipinski definition) is 4. The van der Waals surface area contributed by atoms with E-state index in [1.807, 2.05) is 30.5 Å². The predicted octanol–water partition coefficient (Wildman–Crippen LogP) is 4.19. The lowest BCUT2D eigenvalue weighted by molar-refractivity contribution is -0.135. The van der Waals surface area contributed by atoms with Crippen molar-refractivity contribution in [1.29, 1.82) is 0 Å². The van der Waals surface area contributed by atoms with Gasteiger partial charge in [-0.05, 0) is 30.5 Å². The smallest absolute Gasteiger partial charge is 0.260 e. The minimum absolute atomic E-state index is 0.0771. The third kappa shape index (κ3) is 5.83. The van der Waals surface area contributed by atoms with Crippen LogP contribution in [0.4, 0.5) is 5.69 Å². The van der Waals surface area contributed by atoms with E-state index in [1.54, 1.807) is 19.2 Å². The van der Waals surface area contributed by atoms with Gasteiger partial charge in [0.1, 0.15) is 5.75 Å². The SMILES string of the molecule is CSc1ccccc1NC(=O)CN(C)C(=O)COc1ccc(Cl)c(Cl)c1. The van der Waals surface area contributed by atoms with Crippen molar-refractivity contribution in [2.24, 2.45) is 0 Å². The Hall–Kier alpha value is -1.89. The summed E-state index contributed by atoms with van der Waals surface area (Å²) in [6.07, 6.45) is 1.93. The van der Waals surface area contributed by atoms with Crippen molar-refractivity contribution in [2.45, 2.75) is 4.90 Å². The fourth-order valence-corrected chi connectivity index (χ4v) is 2.90. The minimum atomic E-state index is -0.329. The van der Waals surface area contributed by atoms with Gasteiger partial charge in [0, 0.05) is 18.0 Å². The molecule has 0 bridgehead atoms. The van der Waals surface area contributed by atoms with E-state index in [0.29, 0.717) is 15.8 Å². The number of nitrogens with one attached hydrogen (secondary N) is 1. The number of benzene rings is 2. The van der Waals surface area contributed by atoms with Gasteiger partial charge in [-0.3, -0.25) is 9.59 Å². The van der Waals surface area contributed by atoms with Crippen molar-refractivity contribution < 1.29 is 14.3 Å². The number of ether oxygens (including phenoxy) is 1. The molecule has 0 saturated heterocycles. The Morgan fingerprint density at radius 3 is 2.58 bits per heavy atom. The van der Waals surface area contributed by atoms with Gasteiger partial charge in [-0.25, -0.2) is 0 Å². The van der Waals surface area contributed by atoms with Crippen molar-refractivity contribution >= 4 is 52.5 Å². The Balaban J connectivity index is 1.85. The Morgan fingerprint density at radius 1 is 1.15 bits per heavy atom. The molecule has 138 valence electrons. The molecular formula is C18H18Cl2N2O3S. The van der Waals surface area contributed by atoms with E-state index in [0.717, 1.165) is 10.6 Å². The second-order valence-electron chi connectivity index (χ2n) is 5.36. The predicted molar refractivity (Wildman–Crippen MR) is 106 cm³/mol. The van der Waals surface area contributed by atoms with Crippen LogP contribution in [0, 0.1) is 0 Å². The topological polar surface area (TPSA) is 58.6 Å². The minimum Gasteiger partial charge on any atom is -0.484 e. The summed E-state index contributed by atoms with van der Waals surface area (Å²) in [5.41, 5.74) is 0.720. The molecule has 0 spiro atoms. The number of thioether (sulfide) groups is 1. The number of halogens is 2. The van der Waals surface area contributed by atoms with Gasteiger partial charge in [-0.1, -0.05) is 35.3 Å². The van der Waals surface area contributed by atoms with Crippen LogP contribution in [0.1, 0.15) is 0 Å². The highest BCUT2D eigenvalue weighted by atomic mass is 35.5. The summed E-state index contributed by atoms with van der Waals surface area (Å²) in [6, 6.07) is 12.2. The van der Waals surface area contributed by atoms with Gasteiger partial charge in [-0.2, -0.15) is 0 Å². The van der Waals surface area contributed by atoms with E-state index in [-0.39, 0.29) is 25.0 Å². The molecule has 0 heterocycles. The summed E-state index contributed by atoms with van der Waals surface area (Å²) in [5.74, 6) is -0.180. The van der Waals surface area contributed by atoms with Gasteiger partial charge in [0.15, 0.2) is 6.61 Å². The molecule has 0 aliphatic carbocycles. The average Bonchev–Trinajstić information content (AvgIpc) is 2.62. The molecule has 5 nitrogen and oxygen atoms in total. The largest absolute Gasteiger partial charge is 0.484 e. The van der Waals surface area contributed by atoms with Crippen LogP contribution in [-0.2, 0) is 9.59 Å². The maximum atomic E-state index is 12.2. The highest BCUT2D eigenvalue weighted by molar-refractivity contribution is 7.98. The number of nitrogens with zero attached hydrogens (tertiary/aromatic N) is 1. The van der Waals surface area contributed by atoms with Gasteiger partial charge in [0.05, 0.1) is 22.3 Å². The quantitative estimate of drug-likeness (QED) is 0.692. The molecule has 2 aromatic rings. The van der Waals surface area contributed by atoms with Crippen LogP contribution >= 0.6 is 35.0 Å². The van der Waals surface area contributed by atoms with Gasteiger partial charge in [-0.15, -0.1) is 11.8 Å². The molecule has 0 radical (unpaired) electrons. The summed E-state index contributed by atoms with van der Waals surface area (Å²) >= 11 is 13.3. The Kier molecular flexibility index (Phi) is 7.63. The number of likely N-dealkylation sites (N-methyl/N-ethyl adjacent to an activating group) is 1. The van der Waals surface area contributed by atoms with E-state index < -0.39 is 0 Å². The fourth-order valence-electron chi connectivity index (χ4n) is 2.06. The lowest BCUT2D eigenvalue weighted by Gasteiger charge is -2.18. The lowest BCUT2D eigenvalue weighted by Crippen LogP contribution is -2.37. The first-order valence-corrected chi connectivity index (χ1v) is 9.63. The van der Waals surface area contributed by atoms with E-state index in [9.17, 15) is 9.59 Å². The number of hydrogen-bond donors (Lipinski definition) is 1. The van der Waals surface area contributed by atoms with Crippen molar-refractivity contribution in [3.8, 4) is 5.75 Å². The molecule has 26 heavy (non-hydrogen) atoms. The molecule has 0 unspecified atom stereocenters. The summed E-state index contributed by atoms with van der Waals surface area (Å²) < 4.78 is 5.39. The van der Waals surface area contributed by atoms with Crippen LogP contribution in [0.15, 0.2) is 47.4 Å². The number of para-hydroxylation sites is 1. The van der Waals surface area contributed by atoms with Crippen molar-refractivity contribution in [2.75, 3.05) is 31.8 Å². The molecule has 0 saturated carbocycles. The maximum Gasteiger partial charge on any atom is 0.260 e.